The van der Waals surface area contributed by atoms with Crippen molar-refractivity contribution in [2.75, 3.05) is 11.4 Å². The predicted octanol–water partition coefficient (Wildman–Crippen LogP) is 4.24. The van der Waals surface area contributed by atoms with E-state index in [1.807, 2.05) is 42.5 Å². The first-order chi connectivity index (χ1) is 10.6. The largest absolute Gasteiger partial charge is 0.308 e. The average Bonchev–Trinajstić information content (AvgIpc) is 2.53. The van der Waals surface area contributed by atoms with Crippen LogP contribution in [0.3, 0.4) is 0 Å². The van der Waals surface area contributed by atoms with Crippen LogP contribution in [0.1, 0.15) is 39.6 Å². The standard InChI is InChI=1S/C18H16BrNO2/c1-12(21)15-5-4-13-3-2-10-20(17(13)11-15)18(22)14-6-8-16(19)9-7-14/h4-9,11H,2-3,10H2,1H3. The summed E-state index contributed by atoms with van der Waals surface area (Å²) in [7, 11) is 0. The molecule has 0 saturated carbocycles. The van der Waals surface area contributed by atoms with Gasteiger partial charge < -0.3 is 4.90 Å². The van der Waals surface area contributed by atoms with Crippen LogP contribution in [0, 0.1) is 0 Å². The third-order valence-corrected chi connectivity index (χ3v) is 4.48. The summed E-state index contributed by atoms with van der Waals surface area (Å²) in [4.78, 5) is 26.2. The van der Waals surface area contributed by atoms with Crippen molar-refractivity contribution < 1.29 is 9.59 Å². The van der Waals surface area contributed by atoms with Gasteiger partial charge in [-0.3, -0.25) is 9.59 Å². The molecule has 112 valence electrons. The van der Waals surface area contributed by atoms with Gasteiger partial charge in [0.2, 0.25) is 0 Å². The molecule has 2 aromatic carbocycles. The lowest BCUT2D eigenvalue weighted by molar-refractivity contribution is 0.0981. The molecule has 22 heavy (non-hydrogen) atoms. The molecule has 3 rings (SSSR count). The maximum absolute atomic E-state index is 12.8. The number of benzene rings is 2. The quantitative estimate of drug-likeness (QED) is 0.753. The molecule has 0 radical (unpaired) electrons. The Morgan fingerprint density at radius 1 is 1.05 bits per heavy atom. The highest BCUT2D eigenvalue weighted by Crippen LogP contribution is 2.30. The molecule has 0 aromatic heterocycles. The van der Waals surface area contributed by atoms with E-state index in [4.69, 9.17) is 0 Å². The first-order valence-corrected chi connectivity index (χ1v) is 8.07. The average molecular weight is 358 g/mol. The summed E-state index contributed by atoms with van der Waals surface area (Å²) in [5, 5.41) is 0. The Kier molecular flexibility index (Phi) is 4.12. The van der Waals surface area contributed by atoms with Crippen LogP contribution in [0.15, 0.2) is 46.9 Å². The van der Waals surface area contributed by atoms with Crippen molar-refractivity contribution in [2.45, 2.75) is 19.8 Å². The molecule has 0 saturated heterocycles. The summed E-state index contributed by atoms with van der Waals surface area (Å²) in [6.45, 7) is 2.23. The number of nitrogens with zero attached hydrogens (tertiary/aromatic N) is 1. The van der Waals surface area contributed by atoms with Gasteiger partial charge in [0.1, 0.15) is 0 Å². The van der Waals surface area contributed by atoms with Crippen LogP contribution in [-0.4, -0.2) is 18.2 Å². The zero-order chi connectivity index (χ0) is 15.7. The highest BCUT2D eigenvalue weighted by Gasteiger charge is 2.24. The van der Waals surface area contributed by atoms with E-state index in [-0.39, 0.29) is 11.7 Å². The van der Waals surface area contributed by atoms with Crippen LogP contribution in [-0.2, 0) is 6.42 Å². The van der Waals surface area contributed by atoms with Gasteiger partial charge in [-0.05, 0) is 55.7 Å². The molecule has 1 amide bonds. The molecule has 2 aromatic rings. The number of hydrogen-bond acceptors (Lipinski definition) is 2. The topological polar surface area (TPSA) is 37.4 Å². The molecule has 0 spiro atoms. The summed E-state index contributed by atoms with van der Waals surface area (Å²) in [5.74, 6) is -0.00133. The molecule has 0 fully saturated rings. The fraction of sp³-hybridized carbons (Fsp3) is 0.222. The normalized spacial score (nSPS) is 13.6. The summed E-state index contributed by atoms with van der Waals surface area (Å²) < 4.78 is 0.946. The van der Waals surface area contributed by atoms with E-state index in [1.165, 1.54) is 0 Å². The summed E-state index contributed by atoms with van der Waals surface area (Å²) >= 11 is 3.38. The molecule has 0 bridgehead atoms. The van der Waals surface area contributed by atoms with E-state index in [2.05, 4.69) is 15.9 Å². The van der Waals surface area contributed by atoms with Crippen molar-refractivity contribution in [1.82, 2.24) is 0 Å². The zero-order valence-electron chi connectivity index (χ0n) is 12.3. The second-order valence-corrected chi connectivity index (χ2v) is 6.38. The number of anilines is 1. The van der Waals surface area contributed by atoms with Crippen molar-refractivity contribution >= 4 is 33.3 Å². The van der Waals surface area contributed by atoms with Crippen molar-refractivity contribution in [1.29, 1.82) is 0 Å². The Bertz CT molecular complexity index is 737. The predicted molar refractivity (Wildman–Crippen MR) is 90.6 cm³/mol. The number of carbonyl (C=O) groups is 2. The molecule has 0 N–H and O–H groups in total. The fourth-order valence-electron chi connectivity index (χ4n) is 2.75. The first kappa shape index (κ1) is 15.0. The van der Waals surface area contributed by atoms with Gasteiger partial charge in [-0.15, -0.1) is 0 Å². The van der Waals surface area contributed by atoms with Gasteiger partial charge in [0.05, 0.1) is 0 Å². The molecule has 0 atom stereocenters. The number of amides is 1. The summed E-state index contributed by atoms with van der Waals surface area (Å²) in [6, 6.07) is 13.0. The second kappa shape index (κ2) is 6.05. The Morgan fingerprint density at radius 2 is 1.73 bits per heavy atom. The third kappa shape index (κ3) is 2.83. The van der Waals surface area contributed by atoms with Crippen molar-refractivity contribution in [2.24, 2.45) is 0 Å². The highest BCUT2D eigenvalue weighted by atomic mass is 79.9. The van der Waals surface area contributed by atoms with Gasteiger partial charge >= 0.3 is 0 Å². The van der Waals surface area contributed by atoms with E-state index in [9.17, 15) is 9.59 Å². The number of hydrogen-bond donors (Lipinski definition) is 0. The van der Waals surface area contributed by atoms with Gasteiger partial charge in [0, 0.05) is 27.8 Å². The number of Topliss-reactive ketones (excluding diaryl/α,β-unsaturated/α-hetero) is 1. The van der Waals surface area contributed by atoms with E-state index in [1.54, 1.807) is 11.8 Å². The second-order valence-electron chi connectivity index (χ2n) is 5.47. The molecular weight excluding hydrogens is 342 g/mol. The van der Waals surface area contributed by atoms with Crippen molar-refractivity contribution in [3.05, 3.63) is 63.6 Å². The lowest BCUT2D eigenvalue weighted by Crippen LogP contribution is -2.35. The molecule has 0 aliphatic carbocycles. The molecule has 3 nitrogen and oxygen atoms in total. The van der Waals surface area contributed by atoms with Gasteiger partial charge in [0.25, 0.3) is 5.91 Å². The minimum absolute atomic E-state index is 0.0180. The minimum atomic E-state index is -0.0193. The number of rotatable bonds is 2. The number of carbonyl (C=O) groups excluding carboxylic acids is 2. The van der Waals surface area contributed by atoms with E-state index >= 15 is 0 Å². The molecule has 4 heteroatoms. The molecular formula is C18H16BrNO2. The van der Waals surface area contributed by atoms with E-state index in [0.717, 1.165) is 28.6 Å². The lowest BCUT2D eigenvalue weighted by atomic mass is 9.97. The van der Waals surface area contributed by atoms with Crippen molar-refractivity contribution in [3.8, 4) is 0 Å². The zero-order valence-corrected chi connectivity index (χ0v) is 13.9. The Morgan fingerprint density at radius 3 is 2.41 bits per heavy atom. The van der Waals surface area contributed by atoms with Crippen LogP contribution < -0.4 is 4.90 Å². The SMILES string of the molecule is CC(=O)c1ccc2c(c1)N(C(=O)c1ccc(Br)cc1)CCC2. The number of fused-ring (bicyclic) bond motifs is 1. The Balaban J connectivity index is 1.99. The maximum atomic E-state index is 12.8. The van der Waals surface area contributed by atoms with Crippen LogP contribution in [0.25, 0.3) is 0 Å². The molecule has 0 unspecified atom stereocenters. The molecule has 1 heterocycles. The van der Waals surface area contributed by atoms with E-state index < -0.39 is 0 Å². The van der Waals surface area contributed by atoms with Gasteiger partial charge in [0.15, 0.2) is 5.78 Å². The van der Waals surface area contributed by atoms with Gasteiger partial charge in [-0.25, -0.2) is 0 Å². The van der Waals surface area contributed by atoms with Crippen LogP contribution in [0.5, 0.6) is 0 Å². The molecule has 1 aliphatic rings. The number of aryl methyl sites for hydroxylation is 1. The Labute approximate surface area is 138 Å². The smallest absolute Gasteiger partial charge is 0.258 e. The number of ketones is 1. The third-order valence-electron chi connectivity index (χ3n) is 3.95. The van der Waals surface area contributed by atoms with Gasteiger partial charge in [-0.1, -0.05) is 28.1 Å². The Hall–Kier alpha value is -1.94. The lowest BCUT2D eigenvalue weighted by Gasteiger charge is -2.30. The monoisotopic (exact) mass is 357 g/mol. The maximum Gasteiger partial charge on any atom is 0.258 e. The molecule has 1 aliphatic heterocycles. The van der Waals surface area contributed by atoms with Crippen LogP contribution in [0.4, 0.5) is 5.69 Å². The first-order valence-electron chi connectivity index (χ1n) is 7.27. The fourth-order valence-corrected chi connectivity index (χ4v) is 3.02. The van der Waals surface area contributed by atoms with Gasteiger partial charge in [-0.2, -0.15) is 0 Å². The van der Waals surface area contributed by atoms with Crippen molar-refractivity contribution in [3.63, 3.8) is 0 Å². The summed E-state index contributed by atoms with van der Waals surface area (Å²) in [6.07, 6.45) is 1.88. The summed E-state index contributed by atoms with van der Waals surface area (Å²) in [5.41, 5.74) is 3.30. The van der Waals surface area contributed by atoms with Crippen LogP contribution in [0.2, 0.25) is 0 Å². The minimum Gasteiger partial charge on any atom is -0.308 e. The van der Waals surface area contributed by atoms with E-state index in [0.29, 0.717) is 17.7 Å². The van der Waals surface area contributed by atoms with Crippen LogP contribution >= 0.6 is 15.9 Å². The highest BCUT2D eigenvalue weighted by molar-refractivity contribution is 9.10. The number of halogens is 1.